The Bertz CT molecular complexity index is 251. The van der Waals surface area contributed by atoms with Crippen LogP contribution in [0.15, 0.2) is 0 Å². The molecule has 0 unspecified atom stereocenters. The van der Waals surface area contributed by atoms with Crippen LogP contribution in [0, 0.1) is 0 Å². The Labute approximate surface area is 102 Å². The van der Waals surface area contributed by atoms with Gasteiger partial charge in [-0.25, -0.2) is 0 Å². The van der Waals surface area contributed by atoms with Gasteiger partial charge in [0.05, 0.1) is 12.2 Å². The van der Waals surface area contributed by atoms with E-state index in [1.807, 2.05) is 16.7 Å². The predicted molar refractivity (Wildman–Crippen MR) is 68.5 cm³/mol. The molecule has 1 spiro atoms. The number of hydrogen-bond donors (Lipinski definition) is 1. The fourth-order valence-electron chi connectivity index (χ4n) is 2.80. The van der Waals surface area contributed by atoms with Gasteiger partial charge in [-0.15, -0.1) is 0 Å². The average Bonchev–Trinajstić information content (AvgIpc) is 2.87. The third-order valence-electron chi connectivity index (χ3n) is 3.79. The summed E-state index contributed by atoms with van der Waals surface area (Å²) in [7, 11) is 0. The molecule has 0 atom stereocenters. The van der Waals surface area contributed by atoms with E-state index < -0.39 is 0 Å². The van der Waals surface area contributed by atoms with Crippen molar-refractivity contribution in [2.75, 3.05) is 25.2 Å². The van der Waals surface area contributed by atoms with Gasteiger partial charge in [-0.05, 0) is 37.7 Å². The number of nitrogens with zero attached hydrogens (tertiary/aromatic N) is 1. The van der Waals surface area contributed by atoms with Crippen LogP contribution < -0.4 is 5.32 Å². The van der Waals surface area contributed by atoms with Gasteiger partial charge in [0.2, 0.25) is 5.91 Å². The molecule has 1 amide bonds. The molecule has 1 heterocycles. The molecule has 2 rings (SSSR count). The molecular weight excluding hydrogens is 220 g/mol. The van der Waals surface area contributed by atoms with Gasteiger partial charge in [-0.1, -0.05) is 12.8 Å². The molecule has 3 nitrogen and oxygen atoms in total. The Kier molecular flexibility index (Phi) is 4.14. The topological polar surface area (TPSA) is 32.3 Å². The van der Waals surface area contributed by atoms with Gasteiger partial charge in [-0.2, -0.15) is 11.8 Å². The van der Waals surface area contributed by atoms with Crippen molar-refractivity contribution in [3.8, 4) is 0 Å². The van der Waals surface area contributed by atoms with E-state index in [-0.39, 0.29) is 5.54 Å². The zero-order chi connectivity index (χ0) is 11.4. The summed E-state index contributed by atoms with van der Waals surface area (Å²) in [4.78, 5) is 14.3. The van der Waals surface area contributed by atoms with E-state index in [1.165, 1.54) is 25.0 Å². The molecule has 2 fully saturated rings. The molecule has 92 valence electrons. The van der Waals surface area contributed by atoms with Crippen LogP contribution >= 0.6 is 11.8 Å². The first kappa shape index (κ1) is 12.2. The molecule has 0 bridgehead atoms. The summed E-state index contributed by atoms with van der Waals surface area (Å²) in [5.74, 6) is 1.58. The zero-order valence-corrected chi connectivity index (χ0v) is 10.9. The normalized spacial score (nSPS) is 23.6. The van der Waals surface area contributed by atoms with Crippen LogP contribution in [0.5, 0.6) is 0 Å². The van der Waals surface area contributed by atoms with Gasteiger partial charge in [0.25, 0.3) is 0 Å². The van der Waals surface area contributed by atoms with Crippen molar-refractivity contribution in [3.05, 3.63) is 0 Å². The Morgan fingerprint density at radius 1 is 1.38 bits per heavy atom. The molecule has 0 radical (unpaired) electrons. The Hall–Kier alpha value is -0.220. The molecule has 2 aliphatic rings. The van der Waals surface area contributed by atoms with Crippen LogP contribution in [0.3, 0.4) is 0 Å². The van der Waals surface area contributed by atoms with Gasteiger partial charge in [-0.3, -0.25) is 10.1 Å². The summed E-state index contributed by atoms with van der Waals surface area (Å²) >= 11 is 1.88. The van der Waals surface area contributed by atoms with E-state index in [1.54, 1.807) is 0 Å². The second-order valence-electron chi connectivity index (χ2n) is 4.89. The van der Waals surface area contributed by atoms with Crippen molar-refractivity contribution in [2.24, 2.45) is 0 Å². The highest BCUT2D eigenvalue weighted by Gasteiger charge is 2.47. The van der Waals surface area contributed by atoms with E-state index in [2.05, 4.69) is 11.6 Å². The maximum Gasteiger partial charge on any atom is 0.243 e. The second kappa shape index (κ2) is 5.41. The van der Waals surface area contributed by atoms with E-state index in [0.717, 1.165) is 32.5 Å². The molecule has 1 saturated heterocycles. The molecule has 0 aromatic heterocycles. The van der Waals surface area contributed by atoms with E-state index in [0.29, 0.717) is 5.91 Å². The number of nitrogens with one attached hydrogen (secondary N) is 1. The summed E-state index contributed by atoms with van der Waals surface area (Å²) < 4.78 is 0. The average molecular weight is 242 g/mol. The maximum atomic E-state index is 12.3. The highest BCUT2D eigenvalue weighted by molar-refractivity contribution is 7.98. The maximum absolute atomic E-state index is 12.3. The largest absolute Gasteiger partial charge is 0.328 e. The van der Waals surface area contributed by atoms with Crippen LogP contribution in [0.4, 0.5) is 0 Å². The molecule has 16 heavy (non-hydrogen) atoms. The zero-order valence-electron chi connectivity index (χ0n) is 10.1. The number of amides is 1. The number of unbranched alkanes of at least 4 members (excludes halogenated alkanes) is 1. The first-order valence-corrected chi connectivity index (χ1v) is 7.71. The fraction of sp³-hybridized carbons (Fsp3) is 0.917. The summed E-state index contributed by atoms with van der Waals surface area (Å²) in [6, 6.07) is 0. The number of thioether (sulfide) groups is 1. The number of hydrogen-bond acceptors (Lipinski definition) is 3. The first-order chi connectivity index (χ1) is 7.78. The quantitative estimate of drug-likeness (QED) is 0.747. The van der Waals surface area contributed by atoms with Gasteiger partial charge in [0.1, 0.15) is 0 Å². The van der Waals surface area contributed by atoms with Gasteiger partial charge >= 0.3 is 0 Å². The standard InChI is InChI=1S/C12H22N2OS/c1-16-9-5-4-8-14-10-13-12(11(14)15)6-2-3-7-12/h13H,2-10H2,1H3. The minimum atomic E-state index is -0.153. The minimum Gasteiger partial charge on any atom is -0.328 e. The van der Waals surface area contributed by atoms with Gasteiger partial charge in [0, 0.05) is 6.54 Å². The minimum absolute atomic E-state index is 0.153. The molecule has 1 aliphatic heterocycles. The van der Waals surface area contributed by atoms with Gasteiger partial charge in [0.15, 0.2) is 0 Å². The lowest BCUT2D eigenvalue weighted by Crippen LogP contribution is -2.43. The van der Waals surface area contributed by atoms with Crippen LogP contribution in [0.1, 0.15) is 38.5 Å². The second-order valence-corrected chi connectivity index (χ2v) is 5.88. The van der Waals surface area contributed by atoms with Crippen LogP contribution in [0.2, 0.25) is 0 Å². The number of rotatable bonds is 5. The molecule has 1 aliphatic carbocycles. The van der Waals surface area contributed by atoms with Crippen LogP contribution in [-0.2, 0) is 4.79 Å². The lowest BCUT2D eigenvalue weighted by Gasteiger charge is -2.21. The molecule has 1 N–H and O–H groups in total. The third kappa shape index (κ3) is 2.38. The lowest BCUT2D eigenvalue weighted by atomic mass is 9.98. The van der Waals surface area contributed by atoms with Crippen molar-refractivity contribution in [1.29, 1.82) is 0 Å². The van der Waals surface area contributed by atoms with Crippen molar-refractivity contribution in [2.45, 2.75) is 44.1 Å². The Morgan fingerprint density at radius 3 is 2.81 bits per heavy atom. The van der Waals surface area contributed by atoms with Gasteiger partial charge < -0.3 is 4.90 Å². The molecular formula is C12H22N2OS. The highest BCUT2D eigenvalue weighted by atomic mass is 32.2. The molecule has 1 saturated carbocycles. The van der Waals surface area contributed by atoms with Crippen molar-refractivity contribution < 1.29 is 4.79 Å². The van der Waals surface area contributed by atoms with Crippen LogP contribution in [-0.4, -0.2) is 41.6 Å². The van der Waals surface area contributed by atoms with E-state index in [4.69, 9.17) is 0 Å². The number of carbonyl (C=O) groups excluding carboxylic acids is 1. The number of carbonyl (C=O) groups is 1. The third-order valence-corrected chi connectivity index (χ3v) is 4.49. The SMILES string of the molecule is CSCCCCN1CNC2(CCCC2)C1=O. The predicted octanol–water partition coefficient (Wildman–Crippen LogP) is 1.83. The summed E-state index contributed by atoms with van der Waals surface area (Å²) in [5.41, 5.74) is -0.153. The Balaban J connectivity index is 1.78. The summed E-state index contributed by atoms with van der Waals surface area (Å²) in [5, 5.41) is 3.44. The molecule has 0 aromatic rings. The molecule has 4 heteroatoms. The van der Waals surface area contributed by atoms with Crippen LogP contribution in [0.25, 0.3) is 0 Å². The van der Waals surface area contributed by atoms with Crippen molar-refractivity contribution in [3.63, 3.8) is 0 Å². The van der Waals surface area contributed by atoms with Crippen molar-refractivity contribution in [1.82, 2.24) is 10.2 Å². The van der Waals surface area contributed by atoms with E-state index in [9.17, 15) is 4.79 Å². The lowest BCUT2D eigenvalue weighted by molar-refractivity contribution is -0.132. The smallest absolute Gasteiger partial charge is 0.243 e. The summed E-state index contributed by atoms with van der Waals surface area (Å²) in [6.45, 7) is 1.71. The fourth-order valence-corrected chi connectivity index (χ4v) is 3.29. The highest BCUT2D eigenvalue weighted by Crippen LogP contribution is 2.34. The summed E-state index contributed by atoms with van der Waals surface area (Å²) in [6.07, 6.45) is 9.01. The Morgan fingerprint density at radius 2 is 2.12 bits per heavy atom. The van der Waals surface area contributed by atoms with E-state index >= 15 is 0 Å². The monoisotopic (exact) mass is 242 g/mol. The van der Waals surface area contributed by atoms with Crippen molar-refractivity contribution >= 4 is 17.7 Å². The molecule has 0 aromatic carbocycles. The first-order valence-electron chi connectivity index (χ1n) is 6.32.